The molecule has 0 aromatic heterocycles. The van der Waals surface area contributed by atoms with Gasteiger partial charge < -0.3 is 5.32 Å². The van der Waals surface area contributed by atoms with Crippen molar-refractivity contribution >= 4 is 10.0 Å². The Hall–Kier alpha value is -1.12. The Bertz CT molecular complexity index is 666. The van der Waals surface area contributed by atoms with Gasteiger partial charge in [0.05, 0.1) is 10.5 Å². The SMILES string of the molecule is CCNCC1CCN(S(=O)(=O)c2ccc(C(F)(F)F)cc2C)CC1. The second kappa shape index (κ2) is 7.41. The van der Waals surface area contributed by atoms with Gasteiger partial charge in [-0.05, 0) is 62.5 Å². The lowest BCUT2D eigenvalue weighted by atomic mass is 9.98. The van der Waals surface area contributed by atoms with Crippen molar-refractivity contribution in [2.45, 2.75) is 37.8 Å². The molecule has 4 nitrogen and oxygen atoms in total. The zero-order chi connectivity index (χ0) is 18.0. The minimum absolute atomic E-state index is 0.0411. The van der Waals surface area contributed by atoms with Crippen molar-refractivity contribution in [1.29, 1.82) is 0 Å². The number of sulfonamides is 1. The van der Waals surface area contributed by atoms with E-state index in [9.17, 15) is 21.6 Å². The molecule has 1 aromatic carbocycles. The van der Waals surface area contributed by atoms with Crippen LogP contribution in [0.25, 0.3) is 0 Å². The van der Waals surface area contributed by atoms with Gasteiger partial charge in [-0.2, -0.15) is 17.5 Å². The molecule has 1 fully saturated rings. The molecule has 0 aliphatic carbocycles. The molecule has 0 amide bonds. The number of aryl methyl sites for hydroxylation is 1. The fraction of sp³-hybridized carbons (Fsp3) is 0.625. The highest BCUT2D eigenvalue weighted by Crippen LogP contribution is 2.32. The number of piperidine rings is 1. The summed E-state index contributed by atoms with van der Waals surface area (Å²) in [5.74, 6) is 0.435. The fourth-order valence-electron chi connectivity index (χ4n) is 2.96. The number of rotatable bonds is 5. The Kier molecular flexibility index (Phi) is 5.93. The van der Waals surface area contributed by atoms with Crippen LogP contribution < -0.4 is 5.32 Å². The van der Waals surface area contributed by atoms with Crippen molar-refractivity contribution in [3.05, 3.63) is 29.3 Å². The Balaban J connectivity index is 2.14. The highest BCUT2D eigenvalue weighted by Gasteiger charge is 2.34. The number of halogens is 3. The summed E-state index contributed by atoms with van der Waals surface area (Å²) in [4.78, 5) is -0.0411. The normalized spacial score (nSPS) is 18.0. The van der Waals surface area contributed by atoms with Crippen LogP contribution in [-0.4, -0.2) is 38.9 Å². The number of hydrogen-bond donors (Lipinski definition) is 1. The molecule has 0 spiro atoms. The molecule has 136 valence electrons. The average molecular weight is 364 g/mol. The van der Waals surface area contributed by atoms with Gasteiger partial charge in [0.1, 0.15) is 0 Å². The van der Waals surface area contributed by atoms with Crippen molar-refractivity contribution in [3.63, 3.8) is 0 Å². The van der Waals surface area contributed by atoms with E-state index >= 15 is 0 Å². The fourth-order valence-corrected chi connectivity index (χ4v) is 4.63. The van der Waals surface area contributed by atoms with Crippen molar-refractivity contribution in [2.75, 3.05) is 26.2 Å². The first-order valence-electron chi connectivity index (χ1n) is 8.05. The molecule has 1 aromatic rings. The van der Waals surface area contributed by atoms with Crippen LogP contribution in [0.15, 0.2) is 23.1 Å². The molecule has 0 radical (unpaired) electrons. The topological polar surface area (TPSA) is 49.4 Å². The number of nitrogens with one attached hydrogen (secondary N) is 1. The van der Waals surface area contributed by atoms with Gasteiger partial charge in [0, 0.05) is 13.1 Å². The van der Waals surface area contributed by atoms with Gasteiger partial charge in [0.15, 0.2) is 0 Å². The maximum absolute atomic E-state index is 12.7. The molecule has 1 aliphatic heterocycles. The van der Waals surface area contributed by atoms with Crippen molar-refractivity contribution in [1.82, 2.24) is 9.62 Å². The minimum atomic E-state index is -4.47. The van der Waals surface area contributed by atoms with Crippen LogP contribution in [0.3, 0.4) is 0 Å². The molecule has 24 heavy (non-hydrogen) atoms. The minimum Gasteiger partial charge on any atom is -0.317 e. The first kappa shape index (κ1) is 19.2. The van der Waals surface area contributed by atoms with E-state index in [2.05, 4.69) is 5.32 Å². The summed E-state index contributed by atoms with van der Waals surface area (Å²) < 4.78 is 65.0. The lowest BCUT2D eigenvalue weighted by Gasteiger charge is -2.31. The van der Waals surface area contributed by atoms with Crippen LogP contribution in [-0.2, 0) is 16.2 Å². The summed E-state index contributed by atoms with van der Waals surface area (Å²) in [7, 11) is -3.75. The summed E-state index contributed by atoms with van der Waals surface area (Å²) in [5.41, 5.74) is -0.706. The first-order valence-corrected chi connectivity index (χ1v) is 9.49. The van der Waals surface area contributed by atoms with Gasteiger partial charge in [0.2, 0.25) is 10.0 Å². The Morgan fingerprint density at radius 2 is 1.88 bits per heavy atom. The van der Waals surface area contributed by atoms with Gasteiger partial charge in [-0.15, -0.1) is 0 Å². The number of benzene rings is 1. The molecule has 0 saturated carbocycles. The summed E-state index contributed by atoms with van der Waals surface area (Å²) in [5, 5.41) is 3.26. The van der Waals surface area contributed by atoms with E-state index in [-0.39, 0.29) is 10.5 Å². The largest absolute Gasteiger partial charge is 0.416 e. The maximum atomic E-state index is 12.7. The van der Waals surface area contributed by atoms with E-state index in [1.54, 1.807) is 0 Å². The molecule has 1 aliphatic rings. The second-order valence-corrected chi connectivity index (χ2v) is 8.04. The molecule has 1 N–H and O–H groups in total. The smallest absolute Gasteiger partial charge is 0.317 e. The zero-order valence-electron chi connectivity index (χ0n) is 13.9. The Morgan fingerprint density at radius 3 is 2.38 bits per heavy atom. The van der Waals surface area contributed by atoms with Gasteiger partial charge in [0.25, 0.3) is 0 Å². The Morgan fingerprint density at radius 1 is 1.25 bits per heavy atom. The molecule has 8 heteroatoms. The van der Waals surface area contributed by atoms with E-state index in [0.29, 0.717) is 19.0 Å². The molecule has 0 bridgehead atoms. The molecule has 0 unspecified atom stereocenters. The molecular weight excluding hydrogens is 341 g/mol. The molecule has 2 rings (SSSR count). The van der Waals surface area contributed by atoms with Gasteiger partial charge in [-0.3, -0.25) is 0 Å². The average Bonchev–Trinajstić information content (AvgIpc) is 2.52. The van der Waals surface area contributed by atoms with E-state index in [1.165, 1.54) is 11.2 Å². The number of alkyl halides is 3. The summed E-state index contributed by atoms with van der Waals surface area (Å²) in [6.45, 7) is 5.97. The van der Waals surface area contributed by atoms with Crippen LogP contribution in [0.5, 0.6) is 0 Å². The third-order valence-corrected chi connectivity index (χ3v) is 6.44. The summed E-state index contributed by atoms with van der Waals surface area (Å²) in [6.07, 6.45) is -2.96. The van der Waals surface area contributed by atoms with Crippen LogP contribution in [0.4, 0.5) is 13.2 Å². The zero-order valence-corrected chi connectivity index (χ0v) is 14.7. The quantitative estimate of drug-likeness (QED) is 0.874. The van der Waals surface area contributed by atoms with Gasteiger partial charge >= 0.3 is 6.18 Å². The third-order valence-electron chi connectivity index (χ3n) is 4.38. The standard InChI is InChI=1S/C16H23F3N2O2S/c1-3-20-11-13-6-8-21(9-7-13)24(22,23)15-5-4-14(10-12(15)2)16(17,18)19/h4-5,10,13,20H,3,6-9,11H2,1-2H3. The molecule has 1 heterocycles. The predicted octanol–water partition coefficient (Wildman–Crippen LogP) is 3.02. The van der Waals surface area contributed by atoms with Gasteiger partial charge in [-0.25, -0.2) is 8.42 Å². The summed E-state index contributed by atoms with van der Waals surface area (Å²) >= 11 is 0. The third kappa shape index (κ3) is 4.29. The van der Waals surface area contributed by atoms with E-state index in [1.807, 2.05) is 6.92 Å². The van der Waals surface area contributed by atoms with E-state index in [0.717, 1.165) is 44.1 Å². The van der Waals surface area contributed by atoms with Crippen LogP contribution in [0.2, 0.25) is 0 Å². The first-order chi connectivity index (χ1) is 11.2. The van der Waals surface area contributed by atoms with Crippen LogP contribution in [0, 0.1) is 12.8 Å². The molecule has 1 saturated heterocycles. The lowest BCUT2D eigenvalue weighted by molar-refractivity contribution is -0.137. The van der Waals surface area contributed by atoms with Crippen molar-refractivity contribution in [3.8, 4) is 0 Å². The van der Waals surface area contributed by atoms with Crippen molar-refractivity contribution in [2.24, 2.45) is 5.92 Å². The van der Waals surface area contributed by atoms with Crippen LogP contribution >= 0.6 is 0 Å². The monoisotopic (exact) mass is 364 g/mol. The number of hydrogen-bond acceptors (Lipinski definition) is 3. The molecular formula is C16H23F3N2O2S. The number of nitrogens with zero attached hydrogens (tertiary/aromatic N) is 1. The maximum Gasteiger partial charge on any atom is 0.416 e. The Labute approximate surface area is 141 Å². The molecule has 0 atom stereocenters. The second-order valence-electron chi connectivity index (χ2n) is 6.13. The van der Waals surface area contributed by atoms with E-state index < -0.39 is 21.8 Å². The van der Waals surface area contributed by atoms with Crippen LogP contribution in [0.1, 0.15) is 30.9 Å². The predicted molar refractivity (Wildman–Crippen MR) is 86.2 cm³/mol. The lowest BCUT2D eigenvalue weighted by Crippen LogP contribution is -2.40. The summed E-state index contributed by atoms with van der Waals surface area (Å²) in [6, 6.07) is 2.79. The van der Waals surface area contributed by atoms with Crippen molar-refractivity contribution < 1.29 is 21.6 Å². The highest BCUT2D eigenvalue weighted by atomic mass is 32.2. The highest BCUT2D eigenvalue weighted by molar-refractivity contribution is 7.89. The van der Waals surface area contributed by atoms with Gasteiger partial charge in [-0.1, -0.05) is 6.92 Å². The van der Waals surface area contributed by atoms with E-state index in [4.69, 9.17) is 0 Å².